The van der Waals surface area contributed by atoms with Crippen molar-refractivity contribution < 1.29 is 5.11 Å². The van der Waals surface area contributed by atoms with Crippen LogP contribution >= 0.6 is 0 Å². The zero-order valence-corrected chi connectivity index (χ0v) is 6.63. The van der Waals surface area contributed by atoms with Crippen molar-refractivity contribution >= 4 is 5.90 Å². The van der Waals surface area contributed by atoms with E-state index in [1.54, 1.807) is 0 Å². The second-order valence-electron chi connectivity index (χ2n) is 2.36. The van der Waals surface area contributed by atoms with Gasteiger partial charge in [-0.2, -0.15) is 0 Å². The molecule has 0 saturated carbocycles. The molecular weight excluding hydrogens is 126 g/mol. The summed E-state index contributed by atoms with van der Waals surface area (Å²) >= 11 is 0. The molecule has 10 heavy (non-hydrogen) atoms. The first-order valence-electron chi connectivity index (χ1n) is 3.49. The minimum atomic E-state index is -0.0865. The van der Waals surface area contributed by atoms with Gasteiger partial charge in [-0.05, 0) is 19.8 Å². The van der Waals surface area contributed by atoms with Crippen LogP contribution in [0.4, 0.5) is 0 Å². The Morgan fingerprint density at radius 3 is 2.80 bits per heavy atom. The SMILES string of the molecule is C=CCCC(C)N=C(C)[O]. The van der Waals surface area contributed by atoms with Crippen molar-refractivity contribution in [1.82, 2.24) is 0 Å². The molecule has 0 heterocycles. The zero-order chi connectivity index (χ0) is 7.98. The summed E-state index contributed by atoms with van der Waals surface area (Å²) in [7, 11) is 0. The van der Waals surface area contributed by atoms with Gasteiger partial charge >= 0.3 is 0 Å². The molecule has 1 unspecified atom stereocenters. The lowest BCUT2D eigenvalue weighted by Gasteiger charge is -2.01. The van der Waals surface area contributed by atoms with E-state index in [1.807, 2.05) is 13.0 Å². The van der Waals surface area contributed by atoms with E-state index in [9.17, 15) is 5.11 Å². The highest BCUT2D eigenvalue weighted by Gasteiger charge is 1.97. The van der Waals surface area contributed by atoms with Gasteiger partial charge in [0.05, 0.1) is 6.04 Å². The number of aliphatic imine (C=N–C) groups is 1. The number of nitrogens with zero attached hydrogens (tertiary/aromatic N) is 1. The van der Waals surface area contributed by atoms with Crippen LogP contribution in [-0.4, -0.2) is 11.9 Å². The van der Waals surface area contributed by atoms with E-state index in [2.05, 4.69) is 11.6 Å². The third-order valence-corrected chi connectivity index (χ3v) is 1.19. The van der Waals surface area contributed by atoms with Crippen LogP contribution < -0.4 is 0 Å². The summed E-state index contributed by atoms with van der Waals surface area (Å²) in [4.78, 5) is 3.83. The quantitative estimate of drug-likeness (QED) is 0.326. The number of allylic oxidation sites excluding steroid dienone is 1. The van der Waals surface area contributed by atoms with Crippen LogP contribution in [0.3, 0.4) is 0 Å². The lowest BCUT2D eigenvalue weighted by Crippen LogP contribution is -2.00. The van der Waals surface area contributed by atoms with Crippen LogP contribution in [0.5, 0.6) is 0 Å². The average Bonchev–Trinajstić information content (AvgIpc) is 1.82. The van der Waals surface area contributed by atoms with Crippen LogP contribution in [0.25, 0.3) is 0 Å². The normalized spacial score (nSPS) is 14.8. The van der Waals surface area contributed by atoms with Crippen LogP contribution in [0, 0.1) is 0 Å². The van der Waals surface area contributed by atoms with Gasteiger partial charge in [-0.25, -0.2) is 4.99 Å². The molecule has 0 aromatic carbocycles. The molecule has 0 rings (SSSR count). The van der Waals surface area contributed by atoms with Crippen molar-refractivity contribution in [1.29, 1.82) is 0 Å². The first-order chi connectivity index (χ1) is 4.66. The Bertz CT molecular complexity index is 125. The van der Waals surface area contributed by atoms with Gasteiger partial charge < -0.3 is 0 Å². The molecular formula is C8H14NO. The lowest BCUT2D eigenvalue weighted by molar-refractivity contribution is 0.416. The van der Waals surface area contributed by atoms with Crippen LogP contribution in [-0.2, 0) is 5.11 Å². The topological polar surface area (TPSA) is 32.3 Å². The Labute approximate surface area is 62.3 Å². The second kappa shape index (κ2) is 5.03. The number of hydrogen-bond donors (Lipinski definition) is 0. The molecule has 1 radical (unpaired) electrons. The minimum Gasteiger partial charge on any atom is -0.273 e. The highest BCUT2D eigenvalue weighted by atomic mass is 16.3. The van der Waals surface area contributed by atoms with Gasteiger partial charge in [0, 0.05) is 6.92 Å². The second-order valence-corrected chi connectivity index (χ2v) is 2.36. The van der Waals surface area contributed by atoms with Crippen molar-refractivity contribution in [2.24, 2.45) is 4.99 Å². The molecule has 2 heteroatoms. The molecule has 57 valence electrons. The monoisotopic (exact) mass is 140 g/mol. The fourth-order valence-corrected chi connectivity index (χ4v) is 0.734. The van der Waals surface area contributed by atoms with E-state index in [0.29, 0.717) is 0 Å². The smallest absolute Gasteiger partial charge is 0.238 e. The van der Waals surface area contributed by atoms with Gasteiger partial charge in [-0.15, -0.1) is 6.58 Å². The first kappa shape index (κ1) is 9.21. The third-order valence-electron chi connectivity index (χ3n) is 1.19. The van der Waals surface area contributed by atoms with Crippen molar-refractivity contribution in [3.05, 3.63) is 12.7 Å². The summed E-state index contributed by atoms with van der Waals surface area (Å²) in [6, 6.07) is 0.149. The average molecular weight is 140 g/mol. The molecule has 2 nitrogen and oxygen atoms in total. The summed E-state index contributed by atoms with van der Waals surface area (Å²) < 4.78 is 0. The zero-order valence-electron chi connectivity index (χ0n) is 6.63. The molecule has 0 aliphatic carbocycles. The van der Waals surface area contributed by atoms with Crippen molar-refractivity contribution in [3.8, 4) is 0 Å². The molecule has 0 N–H and O–H groups in total. The highest BCUT2D eigenvalue weighted by molar-refractivity contribution is 5.70. The summed E-state index contributed by atoms with van der Waals surface area (Å²) in [6.07, 6.45) is 3.69. The van der Waals surface area contributed by atoms with Gasteiger partial charge in [0.15, 0.2) is 0 Å². The predicted molar refractivity (Wildman–Crippen MR) is 42.7 cm³/mol. The van der Waals surface area contributed by atoms with E-state index in [-0.39, 0.29) is 11.9 Å². The maximum atomic E-state index is 10.4. The Kier molecular flexibility index (Phi) is 4.63. The molecule has 1 atom stereocenters. The first-order valence-corrected chi connectivity index (χ1v) is 3.49. The van der Waals surface area contributed by atoms with E-state index >= 15 is 0 Å². The molecule has 0 fully saturated rings. The summed E-state index contributed by atoms with van der Waals surface area (Å²) in [6.45, 7) is 7.00. The standard InChI is InChI=1S/C8H14NO/c1-4-5-6-7(2)9-8(3)10/h4,7H,1,5-6H2,2-3H3. The maximum Gasteiger partial charge on any atom is 0.238 e. The molecule has 0 aliphatic rings. The largest absolute Gasteiger partial charge is 0.273 e. The Morgan fingerprint density at radius 2 is 2.40 bits per heavy atom. The number of rotatable bonds is 4. The third kappa shape index (κ3) is 5.35. The molecule has 0 aromatic rings. The summed E-state index contributed by atoms with van der Waals surface area (Å²) in [5.74, 6) is -0.0865. The van der Waals surface area contributed by atoms with E-state index < -0.39 is 0 Å². The van der Waals surface area contributed by atoms with E-state index in [4.69, 9.17) is 0 Å². The Balaban J connectivity index is 3.52. The van der Waals surface area contributed by atoms with Gasteiger partial charge in [-0.3, -0.25) is 5.11 Å². The van der Waals surface area contributed by atoms with Crippen LogP contribution in [0.2, 0.25) is 0 Å². The molecule has 0 spiro atoms. The van der Waals surface area contributed by atoms with Crippen LogP contribution in [0.1, 0.15) is 26.7 Å². The molecule has 0 aromatic heterocycles. The van der Waals surface area contributed by atoms with Gasteiger partial charge in [0.25, 0.3) is 0 Å². The molecule has 0 aliphatic heterocycles. The lowest BCUT2D eigenvalue weighted by atomic mass is 10.2. The van der Waals surface area contributed by atoms with Crippen molar-refractivity contribution in [3.63, 3.8) is 0 Å². The summed E-state index contributed by atoms with van der Waals surface area (Å²) in [5.41, 5.74) is 0. The van der Waals surface area contributed by atoms with Crippen molar-refractivity contribution in [2.45, 2.75) is 32.7 Å². The highest BCUT2D eigenvalue weighted by Crippen LogP contribution is 2.01. The Morgan fingerprint density at radius 1 is 1.80 bits per heavy atom. The fourth-order valence-electron chi connectivity index (χ4n) is 0.734. The summed E-state index contributed by atoms with van der Waals surface area (Å²) in [5, 5.41) is 10.4. The maximum absolute atomic E-state index is 10.4. The van der Waals surface area contributed by atoms with Gasteiger partial charge in [0.1, 0.15) is 0 Å². The Hall–Kier alpha value is -0.790. The predicted octanol–water partition coefficient (Wildman–Crippen LogP) is 2.19. The van der Waals surface area contributed by atoms with Crippen molar-refractivity contribution in [2.75, 3.05) is 0 Å². The molecule has 0 bridgehead atoms. The fraction of sp³-hybridized carbons (Fsp3) is 0.625. The van der Waals surface area contributed by atoms with Gasteiger partial charge in [-0.1, -0.05) is 6.08 Å². The minimum absolute atomic E-state index is 0.0865. The molecule has 0 saturated heterocycles. The number of hydrogen-bond acceptors (Lipinski definition) is 1. The molecule has 0 amide bonds. The van der Waals surface area contributed by atoms with Crippen LogP contribution in [0.15, 0.2) is 17.6 Å². The van der Waals surface area contributed by atoms with Gasteiger partial charge in [0.2, 0.25) is 5.90 Å². The van der Waals surface area contributed by atoms with E-state index in [0.717, 1.165) is 12.8 Å². The van der Waals surface area contributed by atoms with E-state index in [1.165, 1.54) is 6.92 Å².